The Balaban J connectivity index is 1.37. The van der Waals surface area contributed by atoms with Crippen LogP contribution < -0.4 is 15.5 Å². The summed E-state index contributed by atoms with van der Waals surface area (Å²) in [5.74, 6) is -0.131. The van der Waals surface area contributed by atoms with Gasteiger partial charge in [0.05, 0.1) is 5.92 Å². The SMILES string of the molecule is CCc1ccc(N2CC(C(=O)NC3CC4CCC(C3)N4)CC2=O)cc1. The van der Waals surface area contributed by atoms with Crippen LogP contribution in [-0.2, 0) is 16.0 Å². The third-order valence-corrected chi connectivity index (χ3v) is 5.97. The van der Waals surface area contributed by atoms with E-state index in [1.165, 1.54) is 18.4 Å². The van der Waals surface area contributed by atoms with E-state index >= 15 is 0 Å². The summed E-state index contributed by atoms with van der Waals surface area (Å²) >= 11 is 0. The van der Waals surface area contributed by atoms with Crippen LogP contribution in [0.25, 0.3) is 0 Å². The Morgan fingerprint density at radius 3 is 2.52 bits per heavy atom. The van der Waals surface area contributed by atoms with Crippen LogP contribution in [-0.4, -0.2) is 36.5 Å². The molecular weight excluding hydrogens is 314 g/mol. The Morgan fingerprint density at radius 1 is 1.20 bits per heavy atom. The molecule has 5 heteroatoms. The maximum Gasteiger partial charge on any atom is 0.227 e. The largest absolute Gasteiger partial charge is 0.353 e. The van der Waals surface area contributed by atoms with Crippen molar-refractivity contribution in [2.45, 2.75) is 63.6 Å². The van der Waals surface area contributed by atoms with E-state index in [2.05, 4.69) is 29.7 Å². The lowest BCUT2D eigenvalue weighted by Crippen LogP contribution is -2.49. The molecule has 0 aromatic heterocycles. The fraction of sp³-hybridized carbons (Fsp3) is 0.600. The monoisotopic (exact) mass is 341 g/mol. The van der Waals surface area contributed by atoms with E-state index in [9.17, 15) is 9.59 Å². The molecule has 3 atom stereocenters. The Hall–Kier alpha value is -1.88. The number of aryl methyl sites for hydroxylation is 1. The van der Waals surface area contributed by atoms with E-state index < -0.39 is 0 Å². The number of benzene rings is 1. The van der Waals surface area contributed by atoms with Crippen molar-refractivity contribution in [3.63, 3.8) is 0 Å². The number of amides is 2. The third kappa shape index (κ3) is 3.43. The summed E-state index contributed by atoms with van der Waals surface area (Å²) in [5, 5.41) is 6.81. The van der Waals surface area contributed by atoms with Crippen molar-refractivity contribution in [1.82, 2.24) is 10.6 Å². The number of fused-ring (bicyclic) bond motifs is 2. The van der Waals surface area contributed by atoms with Gasteiger partial charge in [-0.15, -0.1) is 0 Å². The number of hydrogen-bond acceptors (Lipinski definition) is 3. The summed E-state index contributed by atoms with van der Waals surface area (Å²) in [5.41, 5.74) is 2.16. The standard InChI is InChI=1S/C20H27N3O2/c1-2-13-3-7-18(8-4-13)23-12-14(9-19(23)24)20(25)22-17-10-15-5-6-16(11-17)21-15/h3-4,7-8,14-17,21H,2,5-6,9-12H2,1H3,(H,22,25). The van der Waals surface area contributed by atoms with Gasteiger partial charge in [-0.25, -0.2) is 0 Å². The molecule has 2 bridgehead atoms. The van der Waals surface area contributed by atoms with Crippen molar-refractivity contribution >= 4 is 17.5 Å². The van der Waals surface area contributed by atoms with Gasteiger partial charge in [-0.2, -0.15) is 0 Å². The number of nitrogens with zero attached hydrogens (tertiary/aromatic N) is 1. The van der Waals surface area contributed by atoms with Gasteiger partial charge in [-0.1, -0.05) is 19.1 Å². The van der Waals surface area contributed by atoms with Gasteiger partial charge in [-0.05, 0) is 49.8 Å². The van der Waals surface area contributed by atoms with Crippen LogP contribution in [0.15, 0.2) is 24.3 Å². The van der Waals surface area contributed by atoms with E-state index in [4.69, 9.17) is 0 Å². The van der Waals surface area contributed by atoms with E-state index in [1.807, 2.05) is 12.1 Å². The zero-order valence-corrected chi connectivity index (χ0v) is 14.8. The molecule has 0 radical (unpaired) electrons. The van der Waals surface area contributed by atoms with Crippen LogP contribution in [0.4, 0.5) is 5.69 Å². The molecule has 3 unspecified atom stereocenters. The van der Waals surface area contributed by atoms with Crippen molar-refractivity contribution in [3.8, 4) is 0 Å². The van der Waals surface area contributed by atoms with Gasteiger partial charge in [-0.3, -0.25) is 9.59 Å². The van der Waals surface area contributed by atoms with Crippen molar-refractivity contribution in [2.75, 3.05) is 11.4 Å². The average molecular weight is 341 g/mol. The number of carbonyl (C=O) groups excluding carboxylic acids is 2. The molecule has 0 aliphatic carbocycles. The number of anilines is 1. The molecular formula is C20H27N3O2. The summed E-state index contributed by atoms with van der Waals surface area (Å²) in [6.07, 6.45) is 5.79. The summed E-state index contributed by atoms with van der Waals surface area (Å²) in [7, 11) is 0. The Bertz CT molecular complexity index is 645. The fourth-order valence-corrected chi connectivity index (χ4v) is 4.54. The maximum absolute atomic E-state index is 12.7. The highest BCUT2D eigenvalue weighted by atomic mass is 16.2. The van der Waals surface area contributed by atoms with Crippen LogP contribution >= 0.6 is 0 Å². The van der Waals surface area contributed by atoms with Gasteiger partial charge in [0.2, 0.25) is 11.8 Å². The lowest BCUT2D eigenvalue weighted by Gasteiger charge is -2.30. The predicted octanol–water partition coefficient (Wildman–Crippen LogP) is 2.00. The predicted molar refractivity (Wildman–Crippen MR) is 97.4 cm³/mol. The molecule has 5 nitrogen and oxygen atoms in total. The smallest absolute Gasteiger partial charge is 0.227 e. The van der Waals surface area contributed by atoms with Crippen LogP contribution in [0.5, 0.6) is 0 Å². The molecule has 3 aliphatic heterocycles. The molecule has 1 aromatic rings. The second kappa shape index (κ2) is 6.79. The normalized spacial score (nSPS) is 31.4. The highest BCUT2D eigenvalue weighted by molar-refractivity contribution is 6.00. The first-order valence-electron chi connectivity index (χ1n) is 9.58. The van der Waals surface area contributed by atoms with E-state index in [-0.39, 0.29) is 23.8 Å². The molecule has 2 amide bonds. The van der Waals surface area contributed by atoms with E-state index in [0.717, 1.165) is 24.9 Å². The van der Waals surface area contributed by atoms with Crippen molar-refractivity contribution in [1.29, 1.82) is 0 Å². The van der Waals surface area contributed by atoms with Crippen LogP contribution in [0, 0.1) is 5.92 Å². The summed E-state index contributed by atoms with van der Waals surface area (Å²) in [6, 6.07) is 9.47. The zero-order chi connectivity index (χ0) is 17.4. The number of piperidine rings is 1. The minimum atomic E-state index is -0.231. The first-order valence-corrected chi connectivity index (χ1v) is 9.58. The van der Waals surface area contributed by atoms with Gasteiger partial charge in [0.1, 0.15) is 0 Å². The number of rotatable bonds is 4. The first-order chi connectivity index (χ1) is 12.1. The fourth-order valence-electron chi connectivity index (χ4n) is 4.54. The first kappa shape index (κ1) is 16.6. The second-order valence-corrected chi connectivity index (χ2v) is 7.74. The summed E-state index contributed by atoms with van der Waals surface area (Å²) in [4.78, 5) is 26.8. The highest BCUT2D eigenvalue weighted by Gasteiger charge is 2.38. The number of carbonyl (C=O) groups is 2. The van der Waals surface area contributed by atoms with Gasteiger partial charge < -0.3 is 15.5 Å². The van der Waals surface area contributed by atoms with Gasteiger partial charge in [0.15, 0.2) is 0 Å². The zero-order valence-electron chi connectivity index (χ0n) is 14.8. The molecule has 3 saturated heterocycles. The molecule has 134 valence electrons. The lowest BCUT2D eigenvalue weighted by atomic mass is 9.98. The van der Waals surface area contributed by atoms with Crippen LogP contribution in [0.3, 0.4) is 0 Å². The Labute approximate surface area is 149 Å². The van der Waals surface area contributed by atoms with E-state index in [1.54, 1.807) is 4.90 Å². The lowest BCUT2D eigenvalue weighted by molar-refractivity contribution is -0.127. The maximum atomic E-state index is 12.7. The molecule has 2 N–H and O–H groups in total. The van der Waals surface area contributed by atoms with Crippen molar-refractivity contribution in [3.05, 3.63) is 29.8 Å². The molecule has 4 rings (SSSR count). The molecule has 25 heavy (non-hydrogen) atoms. The Morgan fingerprint density at radius 2 is 1.88 bits per heavy atom. The molecule has 3 fully saturated rings. The third-order valence-electron chi connectivity index (χ3n) is 5.97. The summed E-state index contributed by atoms with van der Waals surface area (Å²) < 4.78 is 0. The molecule has 3 heterocycles. The van der Waals surface area contributed by atoms with Gasteiger partial charge in [0, 0.05) is 36.8 Å². The minimum absolute atomic E-state index is 0.0485. The van der Waals surface area contributed by atoms with Gasteiger partial charge >= 0.3 is 0 Å². The second-order valence-electron chi connectivity index (χ2n) is 7.74. The van der Waals surface area contributed by atoms with Crippen LogP contribution in [0.1, 0.15) is 44.6 Å². The molecule has 0 saturated carbocycles. The summed E-state index contributed by atoms with van der Waals surface area (Å²) in [6.45, 7) is 2.61. The number of hydrogen-bond donors (Lipinski definition) is 2. The minimum Gasteiger partial charge on any atom is -0.353 e. The highest BCUT2D eigenvalue weighted by Crippen LogP contribution is 2.29. The topological polar surface area (TPSA) is 61.4 Å². The van der Waals surface area contributed by atoms with Crippen molar-refractivity contribution in [2.24, 2.45) is 5.92 Å². The Kier molecular flexibility index (Phi) is 4.50. The van der Waals surface area contributed by atoms with Crippen molar-refractivity contribution < 1.29 is 9.59 Å². The average Bonchev–Trinajstić information content (AvgIpc) is 3.17. The van der Waals surface area contributed by atoms with Gasteiger partial charge in [0.25, 0.3) is 0 Å². The quantitative estimate of drug-likeness (QED) is 0.881. The molecule has 1 aromatic carbocycles. The number of nitrogens with one attached hydrogen (secondary N) is 2. The van der Waals surface area contributed by atoms with Crippen LogP contribution in [0.2, 0.25) is 0 Å². The molecule has 0 spiro atoms. The van der Waals surface area contributed by atoms with E-state index in [0.29, 0.717) is 25.0 Å². The molecule has 3 aliphatic rings.